The molecule has 0 aliphatic rings. The monoisotopic (exact) mass is 324 g/mol. The normalized spacial score (nSPS) is 10.4. The summed E-state index contributed by atoms with van der Waals surface area (Å²) < 4.78 is 12.8. The van der Waals surface area contributed by atoms with E-state index >= 15 is 0 Å². The third-order valence-electron chi connectivity index (χ3n) is 2.55. The molecule has 0 saturated heterocycles. The first-order chi connectivity index (χ1) is 9.95. The molecule has 110 valence electrons. The Morgan fingerprint density at radius 2 is 2.00 bits per heavy atom. The van der Waals surface area contributed by atoms with Crippen LogP contribution in [0.5, 0.6) is 0 Å². The lowest BCUT2D eigenvalue weighted by molar-refractivity contribution is -0.113. The van der Waals surface area contributed by atoms with Crippen molar-refractivity contribution in [1.29, 1.82) is 0 Å². The fourth-order valence-corrected chi connectivity index (χ4v) is 3.19. The van der Waals surface area contributed by atoms with E-state index in [0.717, 1.165) is 4.90 Å². The third kappa shape index (κ3) is 4.37. The van der Waals surface area contributed by atoms with Gasteiger partial charge in [0.25, 0.3) is 0 Å². The van der Waals surface area contributed by atoms with Gasteiger partial charge in [-0.3, -0.25) is 9.59 Å². The van der Waals surface area contributed by atoms with Gasteiger partial charge in [-0.25, -0.2) is 9.37 Å². The SMILES string of the molecule is CC(=O)c1sc(NC(=O)CSc2ccc(F)cc2)nc1C. The zero-order valence-electron chi connectivity index (χ0n) is 11.5. The summed E-state index contributed by atoms with van der Waals surface area (Å²) in [6.07, 6.45) is 0. The summed E-state index contributed by atoms with van der Waals surface area (Å²) in [6, 6.07) is 5.94. The minimum absolute atomic E-state index is 0.0637. The van der Waals surface area contributed by atoms with Crippen LogP contribution in [0.4, 0.5) is 9.52 Å². The Hall–Kier alpha value is -1.73. The van der Waals surface area contributed by atoms with Crippen molar-refractivity contribution in [2.24, 2.45) is 0 Å². The van der Waals surface area contributed by atoms with Crippen molar-refractivity contribution in [2.75, 3.05) is 11.1 Å². The number of nitrogens with zero attached hydrogens (tertiary/aromatic N) is 1. The maximum atomic E-state index is 12.8. The van der Waals surface area contributed by atoms with Crippen molar-refractivity contribution in [2.45, 2.75) is 18.7 Å². The molecule has 0 atom stereocenters. The number of anilines is 1. The number of Topliss-reactive ketones (excluding diaryl/α,β-unsaturated/α-hetero) is 1. The molecule has 0 aliphatic heterocycles. The quantitative estimate of drug-likeness (QED) is 0.675. The van der Waals surface area contributed by atoms with Gasteiger partial charge in [0.05, 0.1) is 16.3 Å². The number of halogens is 1. The second-order valence-electron chi connectivity index (χ2n) is 4.28. The molecule has 1 aromatic heterocycles. The molecule has 0 aliphatic carbocycles. The number of thiazole rings is 1. The number of ketones is 1. The van der Waals surface area contributed by atoms with Crippen molar-refractivity contribution in [3.05, 3.63) is 40.7 Å². The number of hydrogen-bond donors (Lipinski definition) is 1. The molecular formula is C14H13FN2O2S2. The average Bonchev–Trinajstić information content (AvgIpc) is 2.79. The molecule has 1 aromatic carbocycles. The Morgan fingerprint density at radius 1 is 1.33 bits per heavy atom. The summed E-state index contributed by atoms with van der Waals surface area (Å²) in [5.41, 5.74) is 0.619. The van der Waals surface area contributed by atoms with E-state index in [2.05, 4.69) is 10.3 Å². The number of aromatic nitrogens is 1. The largest absolute Gasteiger partial charge is 0.301 e. The average molecular weight is 324 g/mol. The molecule has 0 bridgehead atoms. The number of amides is 1. The number of rotatable bonds is 5. The van der Waals surface area contributed by atoms with Crippen LogP contribution in [0.25, 0.3) is 0 Å². The first-order valence-corrected chi connectivity index (χ1v) is 7.92. The molecule has 2 aromatic rings. The summed E-state index contributed by atoms with van der Waals surface area (Å²) in [6.45, 7) is 3.20. The number of carbonyl (C=O) groups is 2. The molecular weight excluding hydrogens is 311 g/mol. The maximum Gasteiger partial charge on any atom is 0.236 e. The van der Waals surface area contributed by atoms with Crippen LogP contribution in [0.2, 0.25) is 0 Å². The van der Waals surface area contributed by atoms with Gasteiger partial charge in [0.2, 0.25) is 5.91 Å². The second kappa shape index (κ2) is 6.82. The number of carbonyl (C=O) groups excluding carboxylic acids is 2. The number of aryl methyl sites for hydroxylation is 1. The van der Waals surface area contributed by atoms with Crippen molar-refractivity contribution in [3.8, 4) is 0 Å². The highest BCUT2D eigenvalue weighted by atomic mass is 32.2. The lowest BCUT2D eigenvalue weighted by Gasteiger charge is -2.02. The minimum atomic E-state index is -0.307. The summed E-state index contributed by atoms with van der Waals surface area (Å²) in [5.74, 6) is -0.391. The number of nitrogens with one attached hydrogen (secondary N) is 1. The molecule has 4 nitrogen and oxygen atoms in total. The molecule has 1 N–H and O–H groups in total. The fourth-order valence-electron chi connectivity index (χ4n) is 1.61. The van der Waals surface area contributed by atoms with Gasteiger partial charge in [0.15, 0.2) is 10.9 Å². The van der Waals surface area contributed by atoms with Gasteiger partial charge in [0.1, 0.15) is 5.82 Å². The smallest absolute Gasteiger partial charge is 0.236 e. The van der Waals surface area contributed by atoms with Crippen molar-refractivity contribution in [1.82, 2.24) is 4.98 Å². The van der Waals surface area contributed by atoms with Gasteiger partial charge in [-0.1, -0.05) is 11.3 Å². The van der Waals surface area contributed by atoms with Crippen LogP contribution in [0.15, 0.2) is 29.2 Å². The Morgan fingerprint density at radius 3 is 2.57 bits per heavy atom. The van der Waals surface area contributed by atoms with Crippen molar-refractivity contribution in [3.63, 3.8) is 0 Å². The molecule has 0 spiro atoms. The highest BCUT2D eigenvalue weighted by Crippen LogP contribution is 2.24. The summed E-state index contributed by atoms with van der Waals surface area (Å²) >= 11 is 2.47. The van der Waals surface area contributed by atoms with Crippen LogP contribution < -0.4 is 5.32 Å². The Balaban J connectivity index is 1.91. The van der Waals surface area contributed by atoms with Crippen molar-refractivity contribution >= 4 is 39.9 Å². The predicted molar refractivity (Wildman–Crippen MR) is 82.6 cm³/mol. The zero-order valence-corrected chi connectivity index (χ0v) is 13.1. The van der Waals surface area contributed by atoms with Gasteiger partial charge in [-0.2, -0.15) is 0 Å². The van der Waals surface area contributed by atoms with Gasteiger partial charge in [-0.05, 0) is 31.2 Å². The molecule has 1 heterocycles. The van der Waals surface area contributed by atoms with Gasteiger partial charge >= 0.3 is 0 Å². The molecule has 2 rings (SSSR count). The highest BCUT2D eigenvalue weighted by molar-refractivity contribution is 8.00. The summed E-state index contributed by atoms with van der Waals surface area (Å²) in [5, 5.41) is 3.08. The second-order valence-corrected chi connectivity index (χ2v) is 6.33. The molecule has 1 amide bonds. The Kier molecular flexibility index (Phi) is 5.08. The fraction of sp³-hybridized carbons (Fsp3) is 0.214. The summed E-state index contributed by atoms with van der Waals surface area (Å²) in [7, 11) is 0. The van der Waals surface area contributed by atoms with Crippen LogP contribution in [0, 0.1) is 12.7 Å². The first-order valence-electron chi connectivity index (χ1n) is 6.12. The highest BCUT2D eigenvalue weighted by Gasteiger charge is 2.13. The third-order valence-corrected chi connectivity index (χ3v) is 4.73. The topological polar surface area (TPSA) is 59.1 Å². The number of hydrogen-bond acceptors (Lipinski definition) is 5. The van der Waals surface area contributed by atoms with Crippen LogP contribution in [0.1, 0.15) is 22.3 Å². The van der Waals surface area contributed by atoms with E-state index in [1.165, 1.54) is 42.2 Å². The first kappa shape index (κ1) is 15.7. The van der Waals surface area contributed by atoms with E-state index in [0.29, 0.717) is 15.7 Å². The van der Waals surface area contributed by atoms with Crippen molar-refractivity contribution < 1.29 is 14.0 Å². The molecule has 0 fully saturated rings. The molecule has 7 heteroatoms. The van der Waals surface area contributed by atoms with Gasteiger partial charge in [0, 0.05) is 11.8 Å². The zero-order chi connectivity index (χ0) is 15.4. The van der Waals surface area contributed by atoms with Crippen LogP contribution in [-0.2, 0) is 4.79 Å². The van der Waals surface area contributed by atoms with Crippen LogP contribution >= 0.6 is 23.1 Å². The number of benzene rings is 1. The van der Waals surface area contributed by atoms with E-state index < -0.39 is 0 Å². The van der Waals surface area contributed by atoms with Gasteiger partial charge in [-0.15, -0.1) is 11.8 Å². The number of thioether (sulfide) groups is 1. The van der Waals surface area contributed by atoms with E-state index in [9.17, 15) is 14.0 Å². The summed E-state index contributed by atoms with van der Waals surface area (Å²) in [4.78, 5) is 28.7. The molecule has 0 radical (unpaired) electrons. The van der Waals surface area contributed by atoms with E-state index in [-0.39, 0.29) is 23.3 Å². The van der Waals surface area contributed by atoms with Crippen LogP contribution in [-0.4, -0.2) is 22.4 Å². The van der Waals surface area contributed by atoms with E-state index in [1.807, 2.05) is 0 Å². The molecule has 0 saturated carbocycles. The van der Waals surface area contributed by atoms with E-state index in [4.69, 9.17) is 0 Å². The Bertz CT molecular complexity index is 668. The standard InChI is InChI=1S/C14H13FN2O2S2/c1-8-13(9(2)18)21-14(16-8)17-12(19)7-20-11-5-3-10(15)4-6-11/h3-6H,7H2,1-2H3,(H,16,17,19). The van der Waals surface area contributed by atoms with Gasteiger partial charge < -0.3 is 5.32 Å². The lowest BCUT2D eigenvalue weighted by Crippen LogP contribution is -2.13. The molecule has 21 heavy (non-hydrogen) atoms. The predicted octanol–water partition coefficient (Wildman–Crippen LogP) is 3.52. The van der Waals surface area contributed by atoms with Crippen LogP contribution in [0.3, 0.4) is 0 Å². The molecule has 0 unspecified atom stereocenters. The Labute approximate surface area is 129 Å². The lowest BCUT2D eigenvalue weighted by atomic mass is 10.3. The maximum absolute atomic E-state index is 12.8. The minimum Gasteiger partial charge on any atom is -0.301 e. The van der Waals surface area contributed by atoms with E-state index in [1.54, 1.807) is 19.1 Å².